The maximum atomic E-state index is 4.41. The van der Waals surface area contributed by atoms with E-state index in [0.29, 0.717) is 0 Å². The van der Waals surface area contributed by atoms with Gasteiger partial charge in [0, 0.05) is 16.4 Å². The number of hydrogen-bond donors (Lipinski definition) is 0. The molecule has 2 aromatic rings. The number of pyridine rings is 1. The van der Waals surface area contributed by atoms with Crippen molar-refractivity contribution >= 4 is 26.8 Å². The lowest BCUT2D eigenvalue weighted by atomic mass is 10.0. The monoisotopic (exact) mass is 303 g/mol. The molecule has 2 heteroatoms. The van der Waals surface area contributed by atoms with Crippen molar-refractivity contribution in [3.8, 4) is 0 Å². The Bertz CT molecular complexity index is 528. The molecule has 0 N–H and O–H groups in total. The van der Waals surface area contributed by atoms with E-state index in [9.17, 15) is 0 Å². The number of alkyl halides is 1. The molecule has 1 aromatic heterocycles. The van der Waals surface area contributed by atoms with Crippen LogP contribution in [0.4, 0.5) is 0 Å². The van der Waals surface area contributed by atoms with E-state index in [1.54, 1.807) is 0 Å². The molecule has 0 radical (unpaired) electrons. The molecule has 1 aromatic carbocycles. The molecule has 0 spiro atoms. The van der Waals surface area contributed by atoms with Crippen LogP contribution in [-0.4, -0.2) is 9.81 Å². The first-order valence-electron chi connectivity index (χ1n) is 6.81. The maximum Gasteiger partial charge on any atom is 0.0704 e. The van der Waals surface area contributed by atoms with E-state index < -0.39 is 0 Å². The van der Waals surface area contributed by atoms with Gasteiger partial charge in [0.1, 0.15) is 0 Å². The average Bonchev–Trinajstić information content (AvgIpc) is 3.23. The van der Waals surface area contributed by atoms with Gasteiger partial charge in [0.15, 0.2) is 0 Å². The van der Waals surface area contributed by atoms with Crippen LogP contribution in [0.1, 0.15) is 31.2 Å². The van der Waals surface area contributed by atoms with Gasteiger partial charge in [0.2, 0.25) is 0 Å². The first-order valence-corrected chi connectivity index (χ1v) is 7.73. The van der Waals surface area contributed by atoms with Gasteiger partial charge in [0.25, 0.3) is 0 Å². The number of fused-ring (bicyclic) bond motifs is 1. The van der Waals surface area contributed by atoms with Crippen molar-refractivity contribution in [2.45, 2.75) is 36.9 Å². The van der Waals surface area contributed by atoms with Gasteiger partial charge < -0.3 is 0 Å². The van der Waals surface area contributed by atoms with Gasteiger partial charge in [-0.15, -0.1) is 0 Å². The minimum absolute atomic E-state index is 0.741. The summed E-state index contributed by atoms with van der Waals surface area (Å²) in [6, 6.07) is 10.6. The highest BCUT2D eigenvalue weighted by Gasteiger charge is 2.28. The van der Waals surface area contributed by atoms with Crippen molar-refractivity contribution in [3.63, 3.8) is 0 Å². The average molecular weight is 304 g/mol. The van der Waals surface area contributed by atoms with Crippen LogP contribution >= 0.6 is 15.9 Å². The first kappa shape index (κ1) is 12.2. The summed E-state index contributed by atoms with van der Waals surface area (Å²) >= 11 is 3.82. The largest absolute Gasteiger partial charge is 0.256 e. The molecular weight excluding hydrogens is 286 g/mol. The molecule has 1 aliphatic carbocycles. The number of rotatable bonds is 5. The van der Waals surface area contributed by atoms with E-state index in [-0.39, 0.29) is 0 Å². The molecule has 1 nitrogen and oxygen atoms in total. The van der Waals surface area contributed by atoms with E-state index >= 15 is 0 Å². The molecule has 3 rings (SSSR count). The third-order valence-corrected chi connectivity index (χ3v) is 5.00. The van der Waals surface area contributed by atoms with E-state index in [4.69, 9.17) is 0 Å². The summed E-state index contributed by atoms with van der Waals surface area (Å²) in [7, 11) is 0. The molecule has 94 valence electrons. The van der Waals surface area contributed by atoms with Gasteiger partial charge >= 0.3 is 0 Å². The molecule has 1 unspecified atom stereocenters. The van der Waals surface area contributed by atoms with Crippen LogP contribution in [0.25, 0.3) is 10.9 Å². The SMILES string of the molecule is BrC(CCCc1ccnc2ccccc12)C1CC1. The van der Waals surface area contributed by atoms with Gasteiger partial charge in [-0.05, 0) is 55.7 Å². The number of halogens is 1. The summed E-state index contributed by atoms with van der Waals surface area (Å²) in [5.41, 5.74) is 2.56. The normalized spacial score (nSPS) is 16.9. The second-order valence-electron chi connectivity index (χ2n) is 5.23. The zero-order chi connectivity index (χ0) is 12.4. The second kappa shape index (κ2) is 5.40. The predicted octanol–water partition coefficient (Wildman–Crippen LogP) is 4.73. The highest BCUT2D eigenvalue weighted by molar-refractivity contribution is 9.09. The van der Waals surface area contributed by atoms with E-state index in [1.165, 1.54) is 36.6 Å². The Kier molecular flexibility index (Phi) is 3.64. The van der Waals surface area contributed by atoms with Gasteiger partial charge in [-0.25, -0.2) is 0 Å². The molecule has 0 bridgehead atoms. The Morgan fingerprint density at radius 3 is 2.89 bits per heavy atom. The van der Waals surface area contributed by atoms with Crippen LogP contribution < -0.4 is 0 Å². The standard InChI is InChI=1S/C16H18BrN/c17-15(13-8-9-13)6-3-4-12-10-11-18-16-7-2-1-5-14(12)16/h1-2,5,7,10-11,13,15H,3-4,6,8-9H2. The summed E-state index contributed by atoms with van der Waals surface area (Å²) in [5.74, 6) is 0.958. The van der Waals surface area contributed by atoms with Crippen molar-refractivity contribution in [2.75, 3.05) is 0 Å². The Hall–Kier alpha value is -0.890. The van der Waals surface area contributed by atoms with Crippen molar-refractivity contribution in [3.05, 3.63) is 42.1 Å². The van der Waals surface area contributed by atoms with Crippen LogP contribution in [0.5, 0.6) is 0 Å². The first-order chi connectivity index (χ1) is 8.84. The van der Waals surface area contributed by atoms with Crippen LogP contribution in [0.2, 0.25) is 0 Å². The van der Waals surface area contributed by atoms with Crippen LogP contribution in [-0.2, 0) is 6.42 Å². The smallest absolute Gasteiger partial charge is 0.0704 e. The summed E-state index contributed by atoms with van der Waals surface area (Å²) in [6.07, 6.45) is 8.51. The van der Waals surface area contributed by atoms with E-state index in [0.717, 1.165) is 22.7 Å². The van der Waals surface area contributed by atoms with E-state index in [2.05, 4.69) is 51.2 Å². The topological polar surface area (TPSA) is 12.9 Å². The van der Waals surface area contributed by atoms with Crippen LogP contribution in [0.15, 0.2) is 36.5 Å². The fraction of sp³-hybridized carbons (Fsp3) is 0.438. The fourth-order valence-electron chi connectivity index (χ4n) is 2.55. The fourth-order valence-corrected chi connectivity index (χ4v) is 3.41. The van der Waals surface area contributed by atoms with Crippen molar-refractivity contribution in [1.29, 1.82) is 0 Å². The number of para-hydroxylation sites is 1. The highest BCUT2D eigenvalue weighted by atomic mass is 79.9. The van der Waals surface area contributed by atoms with Gasteiger partial charge in [-0.3, -0.25) is 4.98 Å². The Labute approximate surface area is 117 Å². The number of aryl methyl sites for hydroxylation is 1. The van der Waals surface area contributed by atoms with Gasteiger partial charge in [0.05, 0.1) is 5.52 Å². The molecule has 1 atom stereocenters. The number of benzene rings is 1. The molecule has 0 amide bonds. The van der Waals surface area contributed by atoms with Crippen molar-refractivity contribution in [1.82, 2.24) is 4.98 Å². The third kappa shape index (κ3) is 2.74. The maximum absolute atomic E-state index is 4.41. The number of hydrogen-bond acceptors (Lipinski definition) is 1. The molecule has 1 saturated carbocycles. The van der Waals surface area contributed by atoms with Crippen LogP contribution in [0.3, 0.4) is 0 Å². The molecule has 1 aliphatic rings. The molecule has 0 aliphatic heterocycles. The van der Waals surface area contributed by atoms with E-state index in [1.807, 2.05) is 6.20 Å². The minimum atomic E-state index is 0.741. The number of nitrogens with zero attached hydrogens (tertiary/aromatic N) is 1. The Morgan fingerprint density at radius 2 is 2.06 bits per heavy atom. The molecule has 1 fully saturated rings. The molecule has 18 heavy (non-hydrogen) atoms. The zero-order valence-corrected chi connectivity index (χ0v) is 12.1. The minimum Gasteiger partial charge on any atom is -0.256 e. The Balaban J connectivity index is 1.66. The van der Waals surface area contributed by atoms with Crippen LogP contribution in [0, 0.1) is 5.92 Å². The summed E-state index contributed by atoms with van der Waals surface area (Å²) in [4.78, 5) is 5.16. The zero-order valence-electron chi connectivity index (χ0n) is 10.5. The van der Waals surface area contributed by atoms with Crippen molar-refractivity contribution in [2.24, 2.45) is 5.92 Å². The van der Waals surface area contributed by atoms with Gasteiger partial charge in [-0.1, -0.05) is 34.1 Å². The third-order valence-electron chi connectivity index (χ3n) is 3.80. The Morgan fingerprint density at radius 1 is 1.22 bits per heavy atom. The second-order valence-corrected chi connectivity index (χ2v) is 6.41. The molecule has 0 saturated heterocycles. The highest BCUT2D eigenvalue weighted by Crippen LogP contribution is 2.38. The summed E-state index contributed by atoms with van der Waals surface area (Å²) < 4.78 is 0. The molecular formula is C16H18BrN. The summed E-state index contributed by atoms with van der Waals surface area (Å²) in [5, 5.41) is 1.32. The lowest BCUT2D eigenvalue weighted by Crippen LogP contribution is -2.01. The van der Waals surface area contributed by atoms with Crippen molar-refractivity contribution < 1.29 is 0 Å². The van der Waals surface area contributed by atoms with Gasteiger partial charge in [-0.2, -0.15) is 0 Å². The predicted molar refractivity (Wildman–Crippen MR) is 80.1 cm³/mol. The quantitative estimate of drug-likeness (QED) is 0.728. The molecule has 1 heterocycles. The number of aromatic nitrogens is 1. The summed E-state index contributed by atoms with van der Waals surface area (Å²) in [6.45, 7) is 0. The lowest BCUT2D eigenvalue weighted by Gasteiger charge is -2.09. The lowest BCUT2D eigenvalue weighted by molar-refractivity contribution is 0.655.